The Bertz CT molecular complexity index is 1410. The van der Waals surface area contributed by atoms with Crippen LogP contribution < -0.4 is 0 Å². The molecular weight excluding hydrogens is 877 g/mol. The first kappa shape index (κ1) is 67.3. The summed E-state index contributed by atoms with van der Waals surface area (Å²) in [6, 6.07) is 0. The minimum atomic E-state index is -0.788. The normalized spacial score (nSPS) is 12.8. The monoisotopic (exact) mass is 987 g/mol. The van der Waals surface area contributed by atoms with Crippen LogP contribution in [-0.2, 0) is 28.6 Å². The topological polar surface area (TPSA) is 78.9 Å². The van der Waals surface area contributed by atoms with Crippen molar-refractivity contribution in [1.29, 1.82) is 0 Å². The molecule has 0 aliphatic rings. The van der Waals surface area contributed by atoms with Crippen LogP contribution in [0.1, 0.15) is 278 Å². The van der Waals surface area contributed by atoms with Gasteiger partial charge in [0.05, 0.1) is 0 Å². The maximum Gasteiger partial charge on any atom is 0.306 e. The Hall–Kier alpha value is -3.67. The highest BCUT2D eigenvalue weighted by molar-refractivity contribution is 5.71. The molecule has 1 unspecified atom stereocenters. The van der Waals surface area contributed by atoms with E-state index in [1.807, 2.05) is 0 Å². The van der Waals surface area contributed by atoms with Crippen molar-refractivity contribution in [2.24, 2.45) is 0 Å². The quantitative estimate of drug-likeness (QED) is 0.0261. The molecule has 0 amide bonds. The molecule has 0 aliphatic heterocycles. The van der Waals surface area contributed by atoms with Gasteiger partial charge in [-0.1, -0.05) is 253 Å². The number of carbonyl (C=O) groups excluding carboxylic acids is 3. The molecule has 0 N–H and O–H groups in total. The molecule has 0 aromatic heterocycles. The van der Waals surface area contributed by atoms with Crippen LogP contribution in [0.5, 0.6) is 0 Å². The zero-order valence-electron chi connectivity index (χ0n) is 46.5. The van der Waals surface area contributed by atoms with Gasteiger partial charge in [0.2, 0.25) is 0 Å². The van der Waals surface area contributed by atoms with Gasteiger partial charge in [0.1, 0.15) is 13.2 Å². The molecule has 6 nitrogen and oxygen atoms in total. The third kappa shape index (κ3) is 57.1. The number of rotatable bonds is 53. The van der Waals surface area contributed by atoms with Gasteiger partial charge in [-0.2, -0.15) is 0 Å². The summed E-state index contributed by atoms with van der Waals surface area (Å²) in [7, 11) is 0. The zero-order chi connectivity index (χ0) is 51.4. The van der Waals surface area contributed by atoms with Crippen molar-refractivity contribution in [2.45, 2.75) is 284 Å². The molecule has 0 aliphatic carbocycles. The number of hydrogen-bond donors (Lipinski definition) is 0. The highest BCUT2D eigenvalue weighted by atomic mass is 16.6. The lowest BCUT2D eigenvalue weighted by atomic mass is 10.1. The lowest BCUT2D eigenvalue weighted by Crippen LogP contribution is -2.30. The van der Waals surface area contributed by atoms with Crippen molar-refractivity contribution in [3.63, 3.8) is 0 Å². The smallest absolute Gasteiger partial charge is 0.306 e. The van der Waals surface area contributed by atoms with E-state index in [0.717, 1.165) is 122 Å². The number of carbonyl (C=O) groups is 3. The van der Waals surface area contributed by atoms with E-state index in [-0.39, 0.29) is 31.1 Å². The molecule has 0 radical (unpaired) electrons. The molecule has 0 bridgehead atoms. The standard InChI is InChI=1S/C65H110O6/c1-4-7-10-13-16-18-20-22-24-26-28-30-31-32-33-35-36-38-40-42-44-46-49-52-55-58-64(67)70-61-62(60-69-63(66)57-54-51-48-15-12-9-6-3)71-65(68)59-56-53-50-47-45-43-41-39-37-34-29-27-25-23-21-19-17-14-11-8-5-2/h8,11,17,19-20,22-23,25-26,28-29,31-32,34,39,41,62H,4-7,9-10,12-16,18,21,24,27,30,33,35-38,40,42-61H2,1-3H3/b11-8-,19-17-,22-20-,25-23-,28-26-,32-31-,34-29-,41-39-. The Balaban J connectivity index is 4.23. The van der Waals surface area contributed by atoms with Gasteiger partial charge >= 0.3 is 17.9 Å². The Morgan fingerprint density at radius 1 is 0.296 bits per heavy atom. The van der Waals surface area contributed by atoms with Gasteiger partial charge in [-0.05, 0) is 103 Å². The van der Waals surface area contributed by atoms with Crippen molar-refractivity contribution in [3.05, 3.63) is 97.2 Å². The highest BCUT2D eigenvalue weighted by Gasteiger charge is 2.19. The SMILES string of the molecule is CC/C=C\C/C=C\C/C=C\C/C=C\C/C=C\CCCCCCCC(=O)OC(COC(=O)CCCCCCCCC)COC(=O)CCCCCCCCCCCC/C=C\C/C=C\C/C=C\CCCCCCC. The average Bonchev–Trinajstić information content (AvgIpc) is 3.37. The predicted octanol–water partition coefficient (Wildman–Crippen LogP) is 20.1. The third-order valence-electron chi connectivity index (χ3n) is 12.6. The Kier molecular flexibility index (Phi) is 55.9. The van der Waals surface area contributed by atoms with Crippen LogP contribution in [0.25, 0.3) is 0 Å². The fraction of sp³-hybridized carbons (Fsp3) is 0.708. The van der Waals surface area contributed by atoms with Crippen molar-refractivity contribution in [2.75, 3.05) is 13.2 Å². The molecule has 0 aromatic carbocycles. The molecule has 0 saturated carbocycles. The number of esters is 3. The van der Waals surface area contributed by atoms with Gasteiger partial charge in [0.15, 0.2) is 6.10 Å². The highest BCUT2D eigenvalue weighted by Crippen LogP contribution is 2.15. The summed E-state index contributed by atoms with van der Waals surface area (Å²) < 4.78 is 16.8. The van der Waals surface area contributed by atoms with Gasteiger partial charge in [-0.25, -0.2) is 0 Å². The molecule has 0 aromatic rings. The average molecular weight is 988 g/mol. The molecule has 0 fully saturated rings. The molecule has 0 spiro atoms. The van der Waals surface area contributed by atoms with E-state index >= 15 is 0 Å². The van der Waals surface area contributed by atoms with E-state index in [4.69, 9.17) is 14.2 Å². The lowest BCUT2D eigenvalue weighted by Gasteiger charge is -2.18. The van der Waals surface area contributed by atoms with E-state index in [1.54, 1.807) is 0 Å². The Labute approximate surface area is 438 Å². The fourth-order valence-electron chi connectivity index (χ4n) is 8.12. The van der Waals surface area contributed by atoms with E-state index in [9.17, 15) is 14.4 Å². The number of allylic oxidation sites excluding steroid dienone is 16. The van der Waals surface area contributed by atoms with E-state index < -0.39 is 6.10 Å². The number of unbranched alkanes of at least 4 members (excludes halogenated alkanes) is 26. The minimum Gasteiger partial charge on any atom is -0.462 e. The van der Waals surface area contributed by atoms with Gasteiger partial charge in [-0.15, -0.1) is 0 Å². The third-order valence-corrected chi connectivity index (χ3v) is 12.6. The van der Waals surface area contributed by atoms with Crippen LogP contribution in [0.4, 0.5) is 0 Å². The van der Waals surface area contributed by atoms with Gasteiger partial charge in [-0.3, -0.25) is 14.4 Å². The summed E-state index contributed by atoms with van der Waals surface area (Å²) >= 11 is 0. The second kappa shape index (κ2) is 58.9. The summed E-state index contributed by atoms with van der Waals surface area (Å²) in [6.45, 7) is 6.46. The molecule has 0 saturated heterocycles. The van der Waals surface area contributed by atoms with Crippen LogP contribution in [0.3, 0.4) is 0 Å². The number of ether oxygens (including phenoxy) is 3. The Morgan fingerprint density at radius 3 is 0.859 bits per heavy atom. The first-order valence-electron chi connectivity index (χ1n) is 29.7. The predicted molar refractivity (Wildman–Crippen MR) is 307 cm³/mol. The van der Waals surface area contributed by atoms with Crippen LogP contribution in [-0.4, -0.2) is 37.2 Å². The molecule has 0 heterocycles. The summed E-state index contributed by atoms with van der Waals surface area (Å²) in [5.74, 6) is -0.913. The minimum absolute atomic E-state index is 0.0865. The zero-order valence-corrected chi connectivity index (χ0v) is 46.5. The molecule has 6 heteroatoms. The molecular formula is C65H110O6. The molecule has 71 heavy (non-hydrogen) atoms. The lowest BCUT2D eigenvalue weighted by molar-refractivity contribution is -0.167. The fourth-order valence-corrected chi connectivity index (χ4v) is 8.12. The Morgan fingerprint density at radius 2 is 0.549 bits per heavy atom. The summed E-state index contributed by atoms with van der Waals surface area (Å²) in [5, 5.41) is 0. The molecule has 0 rings (SSSR count). The van der Waals surface area contributed by atoms with Crippen LogP contribution in [0, 0.1) is 0 Å². The van der Waals surface area contributed by atoms with Gasteiger partial charge in [0, 0.05) is 19.3 Å². The van der Waals surface area contributed by atoms with Crippen LogP contribution in [0.15, 0.2) is 97.2 Å². The summed E-state index contributed by atoms with van der Waals surface area (Å²) in [5.41, 5.74) is 0. The van der Waals surface area contributed by atoms with Crippen molar-refractivity contribution in [3.8, 4) is 0 Å². The molecule has 1 atom stereocenters. The second-order valence-electron chi connectivity index (χ2n) is 19.5. The molecule has 406 valence electrons. The van der Waals surface area contributed by atoms with Crippen molar-refractivity contribution >= 4 is 17.9 Å². The number of hydrogen-bond acceptors (Lipinski definition) is 6. The maximum absolute atomic E-state index is 12.8. The van der Waals surface area contributed by atoms with Crippen molar-refractivity contribution in [1.82, 2.24) is 0 Å². The first-order chi connectivity index (χ1) is 35.0. The van der Waals surface area contributed by atoms with Crippen molar-refractivity contribution < 1.29 is 28.6 Å². The van der Waals surface area contributed by atoms with E-state index in [1.165, 1.54) is 116 Å². The van der Waals surface area contributed by atoms with Gasteiger partial charge in [0.25, 0.3) is 0 Å². The largest absolute Gasteiger partial charge is 0.462 e. The van der Waals surface area contributed by atoms with E-state index in [0.29, 0.717) is 19.3 Å². The van der Waals surface area contributed by atoms with Gasteiger partial charge < -0.3 is 14.2 Å². The maximum atomic E-state index is 12.8. The van der Waals surface area contributed by atoms with E-state index in [2.05, 4.69) is 118 Å². The first-order valence-corrected chi connectivity index (χ1v) is 29.7. The second-order valence-corrected chi connectivity index (χ2v) is 19.5. The summed E-state index contributed by atoms with van der Waals surface area (Å²) in [4.78, 5) is 38.0. The van der Waals surface area contributed by atoms with Crippen LogP contribution in [0.2, 0.25) is 0 Å². The summed E-state index contributed by atoms with van der Waals surface area (Å²) in [6.07, 6.45) is 78.5. The van der Waals surface area contributed by atoms with Crippen LogP contribution >= 0.6 is 0 Å².